The molecule has 0 bridgehead atoms. The molecule has 0 spiro atoms. The second-order valence-corrected chi connectivity index (χ2v) is 6.33. The van der Waals surface area contributed by atoms with E-state index < -0.39 is 10.0 Å². The number of aryl methyl sites for hydroxylation is 1. The van der Waals surface area contributed by atoms with Gasteiger partial charge < -0.3 is 4.42 Å². The van der Waals surface area contributed by atoms with Crippen molar-refractivity contribution in [1.82, 2.24) is 4.72 Å². The highest BCUT2D eigenvalue weighted by Gasteiger charge is 2.17. The Bertz CT molecular complexity index is 615. The molecule has 0 aliphatic carbocycles. The van der Waals surface area contributed by atoms with Gasteiger partial charge in [0.25, 0.3) is 0 Å². The minimum absolute atomic E-state index is 0.225. The standard InChI is InChI=1S/C14H17NO3S/c1-11-5-7-14(8-6-11)19(16,17)15-12(2)10-13-4-3-9-18-13/h3-9,12,15H,10H2,1-2H3/t12-/m0/s1. The summed E-state index contributed by atoms with van der Waals surface area (Å²) < 4.78 is 32.1. The van der Waals surface area contributed by atoms with Crippen LogP contribution in [0.15, 0.2) is 52.0 Å². The maximum absolute atomic E-state index is 12.1. The third-order valence-corrected chi connectivity index (χ3v) is 4.38. The van der Waals surface area contributed by atoms with Crippen molar-refractivity contribution in [2.45, 2.75) is 31.2 Å². The van der Waals surface area contributed by atoms with E-state index in [2.05, 4.69) is 4.72 Å². The van der Waals surface area contributed by atoms with Gasteiger partial charge in [-0.15, -0.1) is 0 Å². The van der Waals surface area contributed by atoms with Gasteiger partial charge in [0.1, 0.15) is 5.76 Å². The summed E-state index contributed by atoms with van der Waals surface area (Å²) in [5.41, 5.74) is 1.03. The first kappa shape index (κ1) is 13.8. The Morgan fingerprint density at radius 3 is 2.47 bits per heavy atom. The molecule has 1 atom stereocenters. The topological polar surface area (TPSA) is 59.3 Å². The largest absolute Gasteiger partial charge is 0.469 e. The first-order chi connectivity index (χ1) is 8.97. The van der Waals surface area contributed by atoms with Crippen LogP contribution in [0.2, 0.25) is 0 Å². The normalized spacial score (nSPS) is 13.4. The van der Waals surface area contributed by atoms with E-state index >= 15 is 0 Å². The lowest BCUT2D eigenvalue weighted by Crippen LogP contribution is -2.34. The molecule has 19 heavy (non-hydrogen) atoms. The Balaban J connectivity index is 2.06. The van der Waals surface area contributed by atoms with Crippen LogP contribution in [0.3, 0.4) is 0 Å². The van der Waals surface area contributed by atoms with E-state index in [1.165, 1.54) is 0 Å². The molecule has 1 aromatic carbocycles. The van der Waals surface area contributed by atoms with Crippen LogP contribution >= 0.6 is 0 Å². The second kappa shape index (κ2) is 5.59. The van der Waals surface area contributed by atoms with Crippen molar-refractivity contribution in [2.24, 2.45) is 0 Å². The SMILES string of the molecule is Cc1ccc(S(=O)(=O)N[C@@H](C)Cc2ccco2)cc1. The zero-order valence-corrected chi connectivity index (χ0v) is 11.8. The Morgan fingerprint density at radius 1 is 1.21 bits per heavy atom. The number of nitrogens with one attached hydrogen (secondary N) is 1. The van der Waals surface area contributed by atoms with Crippen molar-refractivity contribution >= 4 is 10.0 Å². The summed E-state index contributed by atoms with van der Waals surface area (Å²) in [6, 6.07) is 10.2. The van der Waals surface area contributed by atoms with Crippen LogP contribution in [0.5, 0.6) is 0 Å². The number of hydrogen-bond donors (Lipinski definition) is 1. The van der Waals surface area contributed by atoms with Gasteiger partial charge in [-0.25, -0.2) is 13.1 Å². The molecule has 2 rings (SSSR count). The van der Waals surface area contributed by atoms with Crippen molar-refractivity contribution in [3.8, 4) is 0 Å². The zero-order valence-electron chi connectivity index (χ0n) is 11.0. The highest BCUT2D eigenvalue weighted by molar-refractivity contribution is 7.89. The van der Waals surface area contributed by atoms with Gasteiger partial charge in [-0.2, -0.15) is 0 Å². The predicted molar refractivity (Wildman–Crippen MR) is 73.4 cm³/mol. The fourth-order valence-electron chi connectivity index (χ4n) is 1.82. The molecule has 2 aromatic rings. The Labute approximate surface area is 113 Å². The first-order valence-electron chi connectivity index (χ1n) is 6.09. The van der Waals surface area contributed by atoms with Crippen LogP contribution in [0.1, 0.15) is 18.2 Å². The molecule has 0 unspecified atom stereocenters. The number of benzene rings is 1. The second-order valence-electron chi connectivity index (χ2n) is 4.62. The van der Waals surface area contributed by atoms with Crippen LogP contribution in [0, 0.1) is 6.92 Å². The monoisotopic (exact) mass is 279 g/mol. The zero-order chi connectivity index (χ0) is 13.9. The van der Waals surface area contributed by atoms with Gasteiger partial charge in [-0.05, 0) is 38.1 Å². The van der Waals surface area contributed by atoms with Gasteiger partial charge >= 0.3 is 0 Å². The Morgan fingerprint density at radius 2 is 1.89 bits per heavy atom. The lowest BCUT2D eigenvalue weighted by atomic mass is 10.2. The molecule has 102 valence electrons. The van der Waals surface area contributed by atoms with Crippen molar-refractivity contribution in [1.29, 1.82) is 0 Å². The molecular weight excluding hydrogens is 262 g/mol. The van der Waals surface area contributed by atoms with Gasteiger partial charge in [0, 0.05) is 12.5 Å². The highest BCUT2D eigenvalue weighted by atomic mass is 32.2. The first-order valence-corrected chi connectivity index (χ1v) is 7.57. The number of furan rings is 1. The summed E-state index contributed by atoms with van der Waals surface area (Å²) in [6.07, 6.45) is 2.11. The molecular formula is C14H17NO3S. The fraction of sp³-hybridized carbons (Fsp3) is 0.286. The van der Waals surface area contributed by atoms with Gasteiger partial charge in [-0.1, -0.05) is 17.7 Å². The minimum atomic E-state index is -3.47. The van der Waals surface area contributed by atoms with E-state index in [-0.39, 0.29) is 10.9 Å². The lowest BCUT2D eigenvalue weighted by molar-refractivity contribution is 0.479. The summed E-state index contributed by atoms with van der Waals surface area (Å²) in [4.78, 5) is 0.282. The molecule has 0 aliphatic rings. The van der Waals surface area contributed by atoms with Crippen LogP contribution in [-0.2, 0) is 16.4 Å². The minimum Gasteiger partial charge on any atom is -0.469 e. The highest BCUT2D eigenvalue weighted by Crippen LogP contribution is 2.12. The van der Waals surface area contributed by atoms with Crippen LogP contribution in [0.4, 0.5) is 0 Å². The third-order valence-electron chi connectivity index (χ3n) is 2.78. The summed E-state index contributed by atoms with van der Waals surface area (Å²) >= 11 is 0. The molecule has 0 amide bonds. The average Bonchev–Trinajstić information content (AvgIpc) is 2.81. The Kier molecular flexibility index (Phi) is 4.07. The fourth-order valence-corrected chi connectivity index (χ4v) is 3.07. The smallest absolute Gasteiger partial charge is 0.240 e. The van der Waals surface area contributed by atoms with Gasteiger partial charge in [-0.3, -0.25) is 0 Å². The quantitative estimate of drug-likeness (QED) is 0.914. The van der Waals surface area contributed by atoms with E-state index in [1.54, 1.807) is 36.6 Å². The summed E-state index contributed by atoms with van der Waals surface area (Å²) in [7, 11) is -3.47. The van der Waals surface area contributed by atoms with Crippen molar-refractivity contribution in [3.05, 3.63) is 54.0 Å². The molecule has 0 saturated carbocycles. The molecule has 1 aromatic heterocycles. The molecule has 5 heteroatoms. The van der Waals surface area contributed by atoms with E-state index in [0.717, 1.165) is 11.3 Å². The molecule has 1 heterocycles. The van der Waals surface area contributed by atoms with Crippen molar-refractivity contribution in [3.63, 3.8) is 0 Å². The average molecular weight is 279 g/mol. The van der Waals surface area contributed by atoms with Gasteiger partial charge in [0.15, 0.2) is 0 Å². The molecule has 0 radical (unpaired) electrons. The molecule has 0 aliphatic heterocycles. The maximum atomic E-state index is 12.1. The van der Waals surface area contributed by atoms with E-state index in [4.69, 9.17) is 4.42 Å². The Hall–Kier alpha value is -1.59. The predicted octanol–water partition coefficient (Wildman–Crippen LogP) is 2.50. The lowest BCUT2D eigenvalue weighted by Gasteiger charge is -2.13. The summed E-state index contributed by atoms with van der Waals surface area (Å²) in [5, 5.41) is 0. The molecule has 0 saturated heterocycles. The molecule has 0 fully saturated rings. The van der Waals surface area contributed by atoms with Crippen LogP contribution < -0.4 is 4.72 Å². The number of rotatable bonds is 5. The van der Waals surface area contributed by atoms with Crippen molar-refractivity contribution < 1.29 is 12.8 Å². The summed E-state index contributed by atoms with van der Waals surface area (Å²) in [5.74, 6) is 0.763. The van der Waals surface area contributed by atoms with E-state index in [1.807, 2.05) is 19.9 Å². The third kappa shape index (κ3) is 3.68. The van der Waals surface area contributed by atoms with Crippen LogP contribution in [0.25, 0.3) is 0 Å². The summed E-state index contributed by atoms with van der Waals surface area (Å²) in [6.45, 7) is 3.73. The van der Waals surface area contributed by atoms with Crippen molar-refractivity contribution in [2.75, 3.05) is 0 Å². The number of hydrogen-bond acceptors (Lipinski definition) is 3. The van der Waals surface area contributed by atoms with E-state index in [0.29, 0.717) is 6.42 Å². The molecule has 4 nitrogen and oxygen atoms in total. The van der Waals surface area contributed by atoms with E-state index in [9.17, 15) is 8.42 Å². The van der Waals surface area contributed by atoms with Gasteiger partial charge in [0.05, 0.1) is 11.2 Å². The van der Waals surface area contributed by atoms with Crippen LogP contribution in [-0.4, -0.2) is 14.5 Å². The maximum Gasteiger partial charge on any atom is 0.240 e. The van der Waals surface area contributed by atoms with Gasteiger partial charge in [0.2, 0.25) is 10.0 Å². The number of sulfonamides is 1. The molecule has 1 N–H and O–H groups in total.